The number of rotatable bonds is 4. The minimum Gasteiger partial charge on any atom is -0.381 e. The highest BCUT2D eigenvalue weighted by Gasteiger charge is 2.25. The molecule has 0 aromatic heterocycles. The first-order chi connectivity index (χ1) is 9.04. The van der Waals surface area contributed by atoms with Crippen LogP contribution in [0.4, 0.5) is 4.39 Å². The fourth-order valence-electron chi connectivity index (χ4n) is 2.26. The minimum atomic E-state index is -1.10. The molecule has 2 heteroatoms. The molecule has 0 aliphatic heterocycles. The molecule has 0 bridgehead atoms. The standard InChI is InChI=1S/C17H19FO/c1-3-5-13-6-4-7-15(12-13)17(2,19)14-8-10-16(18)11-9-14/h4,6-12,19H,3,5H2,1-2H3. The van der Waals surface area contributed by atoms with Crippen molar-refractivity contribution in [3.05, 3.63) is 71.0 Å². The Hall–Kier alpha value is -1.67. The summed E-state index contributed by atoms with van der Waals surface area (Å²) in [5, 5.41) is 10.7. The van der Waals surface area contributed by atoms with Crippen molar-refractivity contribution in [3.8, 4) is 0 Å². The third-order valence-corrected chi connectivity index (χ3v) is 3.43. The van der Waals surface area contributed by atoms with Gasteiger partial charge in [-0.1, -0.05) is 49.7 Å². The maximum atomic E-state index is 13.0. The highest BCUT2D eigenvalue weighted by molar-refractivity contribution is 5.37. The minimum absolute atomic E-state index is 0.292. The zero-order valence-electron chi connectivity index (χ0n) is 11.4. The second kappa shape index (κ2) is 5.54. The molecule has 1 N–H and O–H groups in total. The van der Waals surface area contributed by atoms with Gasteiger partial charge in [0.1, 0.15) is 11.4 Å². The molecule has 100 valence electrons. The van der Waals surface area contributed by atoms with Crippen LogP contribution in [0.25, 0.3) is 0 Å². The Kier molecular flexibility index (Phi) is 4.01. The highest BCUT2D eigenvalue weighted by Crippen LogP contribution is 2.29. The van der Waals surface area contributed by atoms with E-state index in [4.69, 9.17) is 0 Å². The van der Waals surface area contributed by atoms with E-state index in [0.29, 0.717) is 5.56 Å². The van der Waals surface area contributed by atoms with Crippen molar-refractivity contribution in [2.24, 2.45) is 0 Å². The molecule has 0 fully saturated rings. The number of aliphatic hydroxyl groups is 1. The number of aryl methyl sites for hydroxylation is 1. The molecule has 0 amide bonds. The van der Waals surface area contributed by atoms with Gasteiger partial charge in [0.15, 0.2) is 0 Å². The molecule has 0 saturated heterocycles. The maximum Gasteiger partial charge on any atom is 0.123 e. The van der Waals surface area contributed by atoms with Crippen molar-refractivity contribution in [3.63, 3.8) is 0 Å². The van der Waals surface area contributed by atoms with Crippen molar-refractivity contribution in [1.82, 2.24) is 0 Å². The summed E-state index contributed by atoms with van der Waals surface area (Å²) in [5.74, 6) is -0.292. The van der Waals surface area contributed by atoms with Crippen LogP contribution >= 0.6 is 0 Å². The third-order valence-electron chi connectivity index (χ3n) is 3.43. The Morgan fingerprint density at radius 1 is 1.05 bits per heavy atom. The molecule has 0 radical (unpaired) electrons. The fraction of sp³-hybridized carbons (Fsp3) is 0.294. The van der Waals surface area contributed by atoms with Gasteiger partial charge in [-0.2, -0.15) is 0 Å². The van der Waals surface area contributed by atoms with E-state index < -0.39 is 5.60 Å². The van der Waals surface area contributed by atoms with Crippen LogP contribution in [0.5, 0.6) is 0 Å². The average molecular weight is 258 g/mol. The van der Waals surface area contributed by atoms with E-state index in [-0.39, 0.29) is 5.82 Å². The first kappa shape index (κ1) is 13.8. The van der Waals surface area contributed by atoms with Gasteiger partial charge in [-0.25, -0.2) is 4.39 Å². The molecule has 0 heterocycles. The Labute approximate surface area is 113 Å². The molecule has 1 unspecified atom stereocenters. The van der Waals surface area contributed by atoms with E-state index in [1.54, 1.807) is 19.1 Å². The van der Waals surface area contributed by atoms with E-state index in [1.807, 2.05) is 18.2 Å². The second-order valence-electron chi connectivity index (χ2n) is 5.03. The summed E-state index contributed by atoms with van der Waals surface area (Å²) >= 11 is 0. The Morgan fingerprint density at radius 2 is 1.74 bits per heavy atom. The third kappa shape index (κ3) is 3.02. The maximum absolute atomic E-state index is 13.0. The van der Waals surface area contributed by atoms with Crippen molar-refractivity contribution in [2.75, 3.05) is 0 Å². The van der Waals surface area contributed by atoms with Crippen LogP contribution in [-0.4, -0.2) is 5.11 Å². The lowest BCUT2D eigenvalue weighted by molar-refractivity contribution is 0.102. The molecule has 0 saturated carbocycles. The number of hydrogen-bond donors (Lipinski definition) is 1. The number of benzene rings is 2. The summed E-state index contributed by atoms with van der Waals surface area (Å²) < 4.78 is 13.0. The van der Waals surface area contributed by atoms with Crippen LogP contribution in [0, 0.1) is 5.82 Å². The summed E-state index contributed by atoms with van der Waals surface area (Å²) in [5.41, 5.74) is 1.65. The van der Waals surface area contributed by atoms with Crippen LogP contribution < -0.4 is 0 Å². The van der Waals surface area contributed by atoms with E-state index in [0.717, 1.165) is 18.4 Å². The molecule has 2 aromatic carbocycles. The smallest absolute Gasteiger partial charge is 0.123 e. The largest absolute Gasteiger partial charge is 0.381 e. The van der Waals surface area contributed by atoms with Crippen LogP contribution in [0.2, 0.25) is 0 Å². The van der Waals surface area contributed by atoms with Crippen LogP contribution in [0.1, 0.15) is 37.0 Å². The molecule has 0 spiro atoms. The Balaban J connectivity index is 2.37. The molecule has 1 atom stereocenters. The summed E-state index contributed by atoms with van der Waals surface area (Å²) in [6, 6.07) is 13.9. The zero-order valence-corrected chi connectivity index (χ0v) is 11.4. The summed E-state index contributed by atoms with van der Waals surface area (Å²) in [4.78, 5) is 0. The predicted octanol–water partition coefficient (Wildman–Crippen LogP) is 4.03. The molecule has 19 heavy (non-hydrogen) atoms. The van der Waals surface area contributed by atoms with Crippen LogP contribution in [0.15, 0.2) is 48.5 Å². The van der Waals surface area contributed by atoms with Crippen LogP contribution in [0.3, 0.4) is 0 Å². The molecule has 0 aliphatic carbocycles. The molecule has 0 aliphatic rings. The van der Waals surface area contributed by atoms with E-state index in [2.05, 4.69) is 13.0 Å². The summed E-state index contributed by atoms with van der Waals surface area (Å²) in [7, 11) is 0. The molecule has 2 rings (SSSR count). The zero-order chi connectivity index (χ0) is 13.9. The number of hydrogen-bond acceptors (Lipinski definition) is 1. The molecular formula is C17H19FO. The van der Waals surface area contributed by atoms with Crippen LogP contribution in [-0.2, 0) is 12.0 Å². The second-order valence-corrected chi connectivity index (χ2v) is 5.03. The van der Waals surface area contributed by atoms with Crippen molar-refractivity contribution >= 4 is 0 Å². The molecular weight excluding hydrogens is 239 g/mol. The Bertz CT molecular complexity index is 543. The van der Waals surface area contributed by atoms with Crippen molar-refractivity contribution in [1.29, 1.82) is 0 Å². The van der Waals surface area contributed by atoms with Gasteiger partial charge in [0.25, 0.3) is 0 Å². The lowest BCUT2D eigenvalue weighted by Gasteiger charge is -2.25. The van der Waals surface area contributed by atoms with Gasteiger partial charge >= 0.3 is 0 Å². The lowest BCUT2D eigenvalue weighted by Crippen LogP contribution is -2.22. The van der Waals surface area contributed by atoms with E-state index >= 15 is 0 Å². The van der Waals surface area contributed by atoms with Crippen molar-refractivity contribution in [2.45, 2.75) is 32.3 Å². The summed E-state index contributed by atoms with van der Waals surface area (Å²) in [6.07, 6.45) is 2.06. The Morgan fingerprint density at radius 3 is 2.37 bits per heavy atom. The highest BCUT2D eigenvalue weighted by atomic mass is 19.1. The predicted molar refractivity (Wildman–Crippen MR) is 75.5 cm³/mol. The normalized spacial score (nSPS) is 14.1. The van der Waals surface area contributed by atoms with Gasteiger partial charge in [-0.15, -0.1) is 0 Å². The quantitative estimate of drug-likeness (QED) is 0.877. The van der Waals surface area contributed by atoms with E-state index in [9.17, 15) is 9.50 Å². The van der Waals surface area contributed by atoms with Gasteiger partial charge in [0, 0.05) is 0 Å². The van der Waals surface area contributed by atoms with Gasteiger partial charge in [0.05, 0.1) is 0 Å². The first-order valence-corrected chi connectivity index (χ1v) is 6.62. The lowest BCUT2D eigenvalue weighted by atomic mass is 9.87. The first-order valence-electron chi connectivity index (χ1n) is 6.62. The fourth-order valence-corrected chi connectivity index (χ4v) is 2.26. The topological polar surface area (TPSA) is 20.2 Å². The number of halogens is 1. The molecule has 1 nitrogen and oxygen atoms in total. The van der Waals surface area contributed by atoms with Crippen molar-refractivity contribution < 1.29 is 9.50 Å². The van der Waals surface area contributed by atoms with E-state index in [1.165, 1.54) is 17.7 Å². The van der Waals surface area contributed by atoms with Gasteiger partial charge in [-0.3, -0.25) is 0 Å². The monoisotopic (exact) mass is 258 g/mol. The molecule has 2 aromatic rings. The SMILES string of the molecule is CCCc1cccc(C(C)(O)c2ccc(F)cc2)c1. The van der Waals surface area contributed by atoms with Gasteiger partial charge in [-0.05, 0) is 42.2 Å². The summed E-state index contributed by atoms with van der Waals surface area (Å²) in [6.45, 7) is 3.87. The average Bonchev–Trinajstić information content (AvgIpc) is 2.40. The van der Waals surface area contributed by atoms with Gasteiger partial charge in [0.2, 0.25) is 0 Å². The van der Waals surface area contributed by atoms with Gasteiger partial charge < -0.3 is 5.11 Å².